The molecule has 1 aromatic carbocycles. The molecule has 1 aliphatic heterocycles. The van der Waals surface area contributed by atoms with Gasteiger partial charge in [0.05, 0.1) is 6.26 Å². The van der Waals surface area contributed by atoms with Gasteiger partial charge in [0.2, 0.25) is 0 Å². The Hall–Kier alpha value is -2.60. The molecule has 1 aliphatic rings. The predicted octanol–water partition coefficient (Wildman–Crippen LogP) is 2.62. The van der Waals surface area contributed by atoms with Crippen LogP contribution in [0.1, 0.15) is 32.9 Å². The summed E-state index contributed by atoms with van der Waals surface area (Å²) in [5, 5.41) is 2.81. The smallest absolute Gasteiger partial charge is 0.291 e. The molecular weight excluding hydrogens is 318 g/mol. The SMILES string of the molecule is Cc1cc(C(=O)N2CC[C@H](N(C)C)C2)ccc1NC(=O)c1ccco1. The van der Waals surface area contributed by atoms with E-state index in [0.717, 1.165) is 25.1 Å². The highest BCUT2D eigenvalue weighted by atomic mass is 16.3. The number of likely N-dealkylation sites (tertiary alicyclic amines) is 1. The van der Waals surface area contributed by atoms with Gasteiger partial charge in [0.25, 0.3) is 11.8 Å². The lowest BCUT2D eigenvalue weighted by molar-refractivity contribution is 0.0783. The summed E-state index contributed by atoms with van der Waals surface area (Å²) in [7, 11) is 4.08. The van der Waals surface area contributed by atoms with Gasteiger partial charge in [-0.25, -0.2) is 0 Å². The molecule has 1 fully saturated rings. The van der Waals surface area contributed by atoms with E-state index in [4.69, 9.17) is 4.42 Å². The molecule has 3 rings (SSSR count). The Morgan fingerprint density at radius 1 is 1.28 bits per heavy atom. The molecule has 0 saturated carbocycles. The zero-order valence-corrected chi connectivity index (χ0v) is 14.8. The van der Waals surface area contributed by atoms with Crippen molar-refractivity contribution in [2.45, 2.75) is 19.4 Å². The number of likely N-dealkylation sites (N-methyl/N-ethyl adjacent to an activating group) is 1. The van der Waals surface area contributed by atoms with Crippen molar-refractivity contribution in [3.63, 3.8) is 0 Å². The fourth-order valence-corrected chi connectivity index (χ4v) is 3.06. The van der Waals surface area contributed by atoms with Crippen LogP contribution < -0.4 is 5.32 Å². The van der Waals surface area contributed by atoms with Crippen molar-refractivity contribution in [1.29, 1.82) is 0 Å². The largest absolute Gasteiger partial charge is 0.459 e. The van der Waals surface area contributed by atoms with E-state index < -0.39 is 0 Å². The number of nitrogens with zero attached hydrogens (tertiary/aromatic N) is 2. The minimum Gasteiger partial charge on any atom is -0.459 e. The van der Waals surface area contributed by atoms with Gasteiger partial charge in [0.15, 0.2) is 5.76 Å². The Kier molecular flexibility index (Phi) is 4.90. The number of aryl methyl sites for hydroxylation is 1. The molecule has 2 aromatic rings. The minimum absolute atomic E-state index is 0.0383. The monoisotopic (exact) mass is 341 g/mol. The van der Waals surface area contributed by atoms with Crippen LogP contribution in [-0.4, -0.2) is 54.8 Å². The molecule has 2 heterocycles. The Morgan fingerprint density at radius 2 is 2.08 bits per heavy atom. The number of carbonyl (C=O) groups excluding carboxylic acids is 2. The number of anilines is 1. The van der Waals surface area contributed by atoms with Gasteiger partial charge in [-0.15, -0.1) is 0 Å². The highest BCUT2D eigenvalue weighted by Gasteiger charge is 2.28. The lowest BCUT2D eigenvalue weighted by atomic mass is 10.1. The average molecular weight is 341 g/mol. The number of hydrogen-bond acceptors (Lipinski definition) is 4. The maximum absolute atomic E-state index is 12.7. The third-order valence-electron chi connectivity index (χ3n) is 4.65. The second-order valence-electron chi connectivity index (χ2n) is 6.62. The van der Waals surface area contributed by atoms with Crippen molar-refractivity contribution in [3.05, 3.63) is 53.5 Å². The van der Waals surface area contributed by atoms with Crippen molar-refractivity contribution < 1.29 is 14.0 Å². The van der Waals surface area contributed by atoms with Crippen LogP contribution in [-0.2, 0) is 0 Å². The number of carbonyl (C=O) groups is 2. The molecule has 1 aromatic heterocycles. The third kappa shape index (κ3) is 3.74. The van der Waals surface area contributed by atoms with E-state index in [9.17, 15) is 9.59 Å². The van der Waals surface area contributed by atoms with E-state index in [2.05, 4.69) is 10.2 Å². The molecule has 0 bridgehead atoms. The standard InChI is InChI=1S/C19H23N3O3/c1-13-11-14(19(24)22-9-8-15(12-22)21(2)3)6-7-16(13)20-18(23)17-5-4-10-25-17/h4-7,10-11,15H,8-9,12H2,1-3H3,(H,20,23)/t15-/m0/s1. The van der Waals surface area contributed by atoms with Crippen LogP contribution in [0, 0.1) is 6.92 Å². The zero-order valence-electron chi connectivity index (χ0n) is 14.8. The number of rotatable bonds is 4. The van der Waals surface area contributed by atoms with Crippen LogP contribution in [0.15, 0.2) is 41.0 Å². The molecule has 132 valence electrons. The quantitative estimate of drug-likeness (QED) is 0.928. The first-order chi connectivity index (χ1) is 12.0. The maximum Gasteiger partial charge on any atom is 0.291 e. The molecule has 0 radical (unpaired) electrons. The number of amides is 2. The Balaban J connectivity index is 1.69. The molecule has 1 atom stereocenters. The van der Waals surface area contributed by atoms with E-state index in [1.165, 1.54) is 6.26 Å². The molecule has 0 aliphatic carbocycles. The van der Waals surface area contributed by atoms with Gasteiger partial charge in [-0.1, -0.05) is 0 Å². The van der Waals surface area contributed by atoms with Gasteiger partial charge in [-0.2, -0.15) is 0 Å². The van der Waals surface area contributed by atoms with Crippen molar-refractivity contribution in [2.75, 3.05) is 32.5 Å². The summed E-state index contributed by atoms with van der Waals surface area (Å²) >= 11 is 0. The summed E-state index contributed by atoms with van der Waals surface area (Å²) < 4.78 is 5.09. The van der Waals surface area contributed by atoms with Gasteiger partial charge in [0.1, 0.15) is 0 Å². The summed E-state index contributed by atoms with van der Waals surface area (Å²) in [6.07, 6.45) is 2.45. The maximum atomic E-state index is 12.7. The van der Waals surface area contributed by atoms with Crippen LogP contribution in [0.4, 0.5) is 5.69 Å². The lowest BCUT2D eigenvalue weighted by Gasteiger charge is -2.20. The second-order valence-corrected chi connectivity index (χ2v) is 6.62. The summed E-state index contributed by atoms with van der Waals surface area (Å²) in [6.45, 7) is 3.40. The van der Waals surface area contributed by atoms with Gasteiger partial charge in [-0.3, -0.25) is 9.59 Å². The van der Waals surface area contributed by atoms with Crippen molar-refractivity contribution >= 4 is 17.5 Å². The molecule has 6 nitrogen and oxygen atoms in total. The summed E-state index contributed by atoms with van der Waals surface area (Å²) in [5.41, 5.74) is 2.16. The fraction of sp³-hybridized carbons (Fsp3) is 0.368. The molecule has 6 heteroatoms. The van der Waals surface area contributed by atoms with Gasteiger partial charge < -0.3 is 19.5 Å². The first-order valence-corrected chi connectivity index (χ1v) is 8.37. The van der Waals surface area contributed by atoms with Crippen LogP contribution in [0.25, 0.3) is 0 Å². The third-order valence-corrected chi connectivity index (χ3v) is 4.65. The minimum atomic E-state index is -0.305. The number of nitrogens with one attached hydrogen (secondary N) is 1. The lowest BCUT2D eigenvalue weighted by Crippen LogP contribution is -2.34. The first-order valence-electron chi connectivity index (χ1n) is 8.37. The van der Waals surface area contributed by atoms with Crippen LogP contribution in [0.3, 0.4) is 0 Å². The molecule has 2 amide bonds. The van der Waals surface area contributed by atoms with Gasteiger partial charge in [-0.05, 0) is 63.3 Å². The summed E-state index contributed by atoms with van der Waals surface area (Å²) in [6, 6.07) is 9.04. The van der Waals surface area contributed by atoms with Gasteiger partial charge >= 0.3 is 0 Å². The van der Waals surface area contributed by atoms with Crippen LogP contribution in [0.2, 0.25) is 0 Å². The molecule has 1 saturated heterocycles. The fourth-order valence-electron chi connectivity index (χ4n) is 3.06. The highest BCUT2D eigenvalue weighted by Crippen LogP contribution is 2.21. The number of benzene rings is 1. The van der Waals surface area contributed by atoms with Crippen LogP contribution in [0.5, 0.6) is 0 Å². The van der Waals surface area contributed by atoms with Gasteiger partial charge in [0, 0.05) is 30.4 Å². The summed E-state index contributed by atoms with van der Waals surface area (Å²) in [5.74, 6) is -0.0109. The molecule has 25 heavy (non-hydrogen) atoms. The highest BCUT2D eigenvalue weighted by molar-refractivity contribution is 6.03. The Morgan fingerprint density at radius 3 is 2.68 bits per heavy atom. The molecular formula is C19H23N3O3. The Bertz CT molecular complexity index is 768. The normalized spacial score (nSPS) is 17.1. The average Bonchev–Trinajstić information content (AvgIpc) is 3.27. The van der Waals surface area contributed by atoms with E-state index in [-0.39, 0.29) is 17.6 Å². The first kappa shape index (κ1) is 17.2. The van der Waals surface area contributed by atoms with E-state index >= 15 is 0 Å². The van der Waals surface area contributed by atoms with Crippen molar-refractivity contribution in [3.8, 4) is 0 Å². The second kappa shape index (κ2) is 7.11. The number of furan rings is 1. The van der Waals surface area contributed by atoms with Crippen molar-refractivity contribution in [2.24, 2.45) is 0 Å². The molecule has 1 N–H and O–H groups in total. The van der Waals surface area contributed by atoms with E-state index in [0.29, 0.717) is 17.3 Å². The zero-order chi connectivity index (χ0) is 18.0. The topological polar surface area (TPSA) is 65.8 Å². The summed E-state index contributed by atoms with van der Waals surface area (Å²) in [4.78, 5) is 28.8. The Labute approximate surface area is 147 Å². The van der Waals surface area contributed by atoms with E-state index in [1.807, 2.05) is 32.0 Å². The molecule has 0 unspecified atom stereocenters. The van der Waals surface area contributed by atoms with Crippen LogP contribution >= 0.6 is 0 Å². The molecule has 0 spiro atoms. The van der Waals surface area contributed by atoms with E-state index in [1.54, 1.807) is 24.3 Å². The number of hydrogen-bond donors (Lipinski definition) is 1. The predicted molar refractivity (Wildman–Crippen MR) is 95.8 cm³/mol. The van der Waals surface area contributed by atoms with Crippen molar-refractivity contribution in [1.82, 2.24) is 9.80 Å².